The van der Waals surface area contributed by atoms with Crippen LogP contribution in [-0.2, 0) is 4.79 Å². The number of piperidine rings is 1. The number of methoxy groups -OCH3 is 2. The average Bonchev–Trinajstić information content (AvgIpc) is 2.64. The molecular weight excluding hydrogens is 302 g/mol. The number of benzene rings is 2. The molecular formula is C20H24NO3+. The van der Waals surface area contributed by atoms with Crippen molar-refractivity contribution < 1.29 is 19.6 Å². The van der Waals surface area contributed by atoms with Gasteiger partial charge in [0.15, 0.2) is 0 Å². The summed E-state index contributed by atoms with van der Waals surface area (Å²) in [5, 5.41) is 2.32. The van der Waals surface area contributed by atoms with E-state index in [1.54, 1.807) is 14.2 Å². The van der Waals surface area contributed by atoms with Gasteiger partial charge in [-0.05, 0) is 55.5 Å². The van der Waals surface area contributed by atoms with Crippen molar-refractivity contribution in [3.63, 3.8) is 0 Å². The highest BCUT2D eigenvalue weighted by Crippen LogP contribution is 2.30. The largest absolute Gasteiger partial charge is 0.497 e. The maximum Gasteiger partial charge on any atom is 0.148 e. The summed E-state index contributed by atoms with van der Waals surface area (Å²) in [5.41, 5.74) is 2.32. The van der Waals surface area contributed by atoms with E-state index in [4.69, 9.17) is 9.47 Å². The first kappa shape index (κ1) is 16.5. The predicted octanol–water partition coefficient (Wildman–Crippen LogP) is 2.66. The molecule has 0 unspecified atom stereocenters. The lowest BCUT2D eigenvalue weighted by molar-refractivity contribution is -0.742. The standard InChI is InChI=1S/C20H23NO3/c1-13-19(22)12-18(14-4-8-16(23-2)9-5-14)21-20(13)15-6-10-17(24-3)11-7-15/h4-11,13,18,20-21H,12H2,1-3H3/p+1/t13-,18+,20+/m1/s1. The van der Waals surface area contributed by atoms with Gasteiger partial charge < -0.3 is 14.8 Å². The van der Waals surface area contributed by atoms with Crippen molar-refractivity contribution >= 4 is 5.78 Å². The van der Waals surface area contributed by atoms with Crippen LogP contribution in [-0.4, -0.2) is 20.0 Å². The van der Waals surface area contributed by atoms with Crippen LogP contribution in [0.25, 0.3) is 0 Å². The first-order valence-electron chi connectivity index (χ1n) is 8.28. The molecule has 1 aliphatic heterocycles. The smallest absolute Gasteiger partial charge is 0.148 e. The predicted molar refractivity (Wildman–Crippen MR) is 92.2 cm³/mol. The van der Waals surface area contributed by atoms with Crippen molar-refractivity contribution in [2.24, 2.45) is 5.92 Å². The molecule has 0 aliphatic carbocycles. The zero-order valence-electron chi connectivity index (χ0n) is 14.4. The van der Waals surface area contributed by atoms with Gasteiger partial charge in [0.25, 0.3) is 0 Å². The van der Waals surface area contributed by atoms with Gasteiger partial charge in [0.05, 0.1) is 26.6 Å². The molecule has 3 atom stereocenters. The number of quaternary nitrogens is 1. The molecule has 0 bridgehead atoms. The summed E-state index contributed by atoms with van der Waals surface area (Å²) in [6.45, 7) is 2.03. The van der Waals surface area contributed by atoms with Crippen molar-refractivity contribution in [3.05, 3.63) is 59.7 Å². The van der Waals surface area contributed by atoms with Crippen molar-refractivity contribution in [1.82, 2.24) is 0 Å². The maximum absolute atomic E-state index is 12.5. The van der Waals surface area contributed by atoms with Gasteiger partial charge >= 0.3 is 0 Å². The van der Waals surface area contributed by atoms with Crippen molar-refractivity contribution in [3.8, 4) is 11.5 Å². The summed E-state index contributed by atoms with van der Waals surface area (Å²) in [6.07, 6.45) is 0.570. The van der Waals surface area contributed by atoms with E-state index in [1.165, 1.54) is 0 Å². The van der Waals surface area contributed by atoms with Crippen LogP contribution >= 0.6 is 0 Å². The molecule has 1 heterocycles. The molecule has 0 amide bonds. The second-order valence-corrected chi connectivity index (χ2v) is 6.33. The minimum absolute atomic E-state index is 0.00731. The van der Waals surface area contributed by atoms with E-state index < -0.39 is 0 Å². The summed E-state index contributed by atoms with van der Waals surface area (Å²) < 4.78 is 10.4. The highest BCUT2D eigenvalue weighted by atomic mass is 16.5. The highest BCUT2D eigenvalue weighted by Gasteiger charge is 2.38. The first-order chi connectivity index (χ1) is 11.6. The van der Waals surface area contributed by atoms with Crippen molar-refractivity contribution in [1.29, 1.82) is 0 Å². The van der Waals surface area contributed by atoms with E-state index in [0.29, 0.717) is 12.2 Å². The Morgan fingerprint density at radius 1 is 0.875 bits per heavy atom. The minimum atomic E-state index is 0.00731. The molecule has 0 saturated carbocycles. The summed E-state index contributed by atoms with van der Waals surface area (Å²) in [5.74, 6) is 1.99. The average molecular weight is 326 g/mol. The Labute approximate surface area is 142 Å². The topological polar surface area (TPSA) is 52.1 Å². The number of hydrogen-bond acceptors (Lipinski definition) is 3. The zero-order valence-corrected chi connectivity index (χ0v) is 14.4. The number of ketones is 1. The number of ether oxygens (including phenoxy) is 2. The lowest BCUT2D eigenvalue weighted by atomic mass is 9.82. The van der Waals surface area contributed by atoms with Crippen LogP contribution in [0.15, 0.2) is 48.5 Å². The lowest BCUT2D eigenvalue weighted by Gasteiger charge is -2.32. The number of carbonyl (C=O) groups is 1. The number of carbonyl (C=O) groups excluding carboxylic acids is 1. The molecule has 0 aromatic heterocycles. The third-order valence-electron chi connectivity index (χ3n) is 4.95. The van der Waals surface area contributed by atoms with Gasteiger partial charge in [-0.25, -0.2) is 0 Å². The summed E-state index contributed by atoms with van der Waals surface area (Å²) in [6, 6.07) is 16.3. The second kappa shape index (κ2) is 7.05. The SMILES string of the molecule is COc1ccc([C@@H]2CC(=O)[C@@H](C)[C@@H](c3ccc(OC)cc3)[NH2+]2)cc1. The molecule has 126 valence electrons. The maximum atomic E-state index is 12.5. The molecule has 0 radical (unpaired) electrons. The molecule has 0 spiro atoms. The van der Waals surface area contributed by atoms with Gasteiger partial charge in [0, 0.05) is 11.1 Å². The fourth-order valence-electron chi connectivity index (χ4n) is 3.39. The molecule has 2 N–H and O–H groups in total. The van der Waals surface area contributed by atoms with E-state index >= 15 is 0 Å². The second-order valence-electron chi connectivity index (χ2n) is 6.33. The molecule has 24 heavy (non-hydrogen) atoms. The number of hydrogen-bond donors (Lipinski definition) is 1. The van der Waals surface area contributed by atoms with E-state index in [-0.39, 0.29) is 18.0 Å². The molecule has 2 aromatic rings. The lowest BCUT2D eigenvalue weighted by Crippen LogP contribution is -2.90. The first-order valence-corrected chi connectivity index (χ1v) is 8.28. The van der Waals surface area contributed by atoms with E-state index in [0.717, 1.165) is 22.6 Å². The van der Waals surface area contributed by atoms with E-state index in [1.807, 2.05) is 43.3 Å². The van der Waals surface area contributed by atoms with Crippen LogP contribution in [0.4, 0.5) is 0 Å². The minimum Gasteiger partial charge on any atom is -0.497 e. The van der Waals surface area contributed by atoms with Gasteiger partial charge in [-0.1, -0.05) is 0 Å². The number of rotatable bonds is 4. The van der Waals surface area contributed by atoms with Crippen LogP contribution < -0.4 is 14.8 Å². The summed E-state index contributed by atoms with van der Waals surface area (Å²) in [4.78, 5) is 12.5. The molecule has 1 fully saturated rings. The molecule has 2 aromatic carbocycles. The van der Waals surface area contributed by atoms with Crippen LogP contribution in [0.1, 0.15) is 36.6 Å². The number of nitrogens with two attached hydrogens (primary N) is 1. The Hall–Kier alpha value is -2.33. The normalized spacial score (nSPS) is 23.8. The Morgan fingerprint density at radius 3 is 1.88 bits per heavy atom. The molecule has 4 heteroatoms. The van der Waals surface area contributed by atoms with Crippen LogP contribution in [0.5, 0.6) is 11.5 Å². The van der Waals surface area contributed by atoms with Crippen molar-refractivity contribution in [2.45, 2.75) is 25.4 Å². The summed E-state index contributed by atoms with van der Waals surface area (Å²) in [7, 11) is 3.32. The van der Waals surface area contributed by atoms with Gasteiger partial charge in [0.1, 0.15) is 29.4 Å². The fourth-order valence-corrected chi connectivity index (χ4v) is 3.39. The highest BCUT2D eigenvalue weighted by molar-refractivity contribution is 5.82. The third-order valence-corrected chi connectivity index (χ3v) is 4.95. The van der Waals surface area contributed by atoms with Gasteiger partial charge in [-0.3, -0.25) is 4.79 Å². The molecule has 3 rings (SSSR count). The van der Waals surface area contributed by atoms with E-state index in [2.05, 4.69) is 17.4 Å². The van der Waals surface area contributed by atoms with Crippen molar-refractivity contribution in [2.75, 3.05) is 14.2 Å². The fraction of sp³-hybridized carbons (Fsp3) is 0.350. The van der Waals surface area contributed by atoms with Gasteiger partial charge in [-0.2, -0.15) is 0 Å². The Morgan fingerprint density at radius 2 is 1.38 bits per heavy atom. The summed E-state index contributed by atoms with van der Waals surface area (Å²) >= 11 is 0. The molecule has 4 nitrogen and oxygen atoms in total. The van der Waals surface area contributed by atoms with Crippen LogP contribution in [0.3, 0.4) is 0 Å². The zero-order chi connectivity index (χ0) is 17.1. The van der Waals surface area contributed by atoms with Crippen LogP contribution in [0, 0.1) is 5.92 Å². The van der Waals surface area contributed by atoms with Gasteiger partial charge in [-0.15, -0.1) is 0 Å². The van der Waals surface area contributed by atoms with E-state index in [9.17, 15) is 4.79 Å². The molecule has 1 saturated heterocycles. The quantitative estimate of drug-likeness (QED) is 0.940. The Bertz CT molecular complexity index is 694. The Balaban J connectivity index is 1.84. The Kier molecular flexibility index (Phi) is 4.86. The van der Waals surface area contributed by atoms with Gasteiger partial charge in [0.2, 0.25) is 0 Å². The number of Topliss-reactive ketones (excluding diaryl/α,β-unsaturated/α-hetero) is 1. The van der Waals surface area contributed by atoms with Crippen LogP contribution in [0.2, 0.25) is 0 Å². The monoisotopic (exact) mass is 326 g/mol. The third kappa shape index (κ3) is 3.29. The molecule has 1 aliphatic rings.